The lowest BCUT2D eigenvalue weighted by atomic mass is 10.1. The molecule has 0 spiro atoms. The van der Waals surface area contributed by atoms with Gasteiger partial charge in [-0.3, -0.25) is 9.89 Å². The van der Waals surface area contributed by atoms with Gasteiger partial charge in [0.05, 0.1) is 5.69 Å². The molecule has 1 amide bonds. The van der Waals surface area contributed by atoms with Crippen LogP contribution < -0.4 is 0 Å². The van der Waals surface area contributed by atoms with E-state index in [4.69, 9.17) is 4.74 Å². The fourth-order valence-corrected chi connectivity index (χ4v) is 2.77. The predicted molar refractivity (Wildman–Crippen MR) is 107 cm³/mol. The highest BCUT2D eigenvalue weighted by Gasteiger charge is 2.17. The van der Waals surface area contributed by atoms with Gasteiger partial charge >= 0.3 is 5.97 Å². The van der Waals surface area contributed by atoms with Crippen LogP contribution in [0.25, 0.3) is 11.3 Å². The van der Waals surface area contributed by atoms with Crippen molar-refractivity contribution in [2.45, 2.75) is 20.4 Å². The van der Waals surface area contributed by atoms with E-state index >= 15 is 0 Å². The number of rotatable bonds is 7. The first-order valence-electron chi connectivity index (χ1n) is 9.18. The Hall–Kier alpha value is -3.41. The molecule has 1 heterocycles. The topological polar surface area (TPSA) is 75.3 Å². The van der Waals surface area contributed by atoms with Crippen LogP contribution in [-0.4, -0.2) is 40.1 Å². The van der Waals surface area contributed by atoms with Gasteiger partial charge in [0.2, 0.25) is 0 Å². The van der Waals surface area contributed by atoms with Crippen molar-refractivity contribution in [3.05, 3.63) is 77.5 Å². The summed E-state index contributed by atoms with van der Waals surface area (Å²) in [6.07, 6.45) is 0. The van der Waals surface area contributed by atoms with Crippen molar-refractivity contribution in [2.75, 3.05) is 13.2 Å². The van der Waals surface area contributed by atoms with E-state index in [0.29, 0.717) is 18.8 Å². The summed E-state index contributed by atoms with van der Waals surface area (Å²) in [4.78, 5) is 26.3. The molecule has 3 aromatic rings. The summed E-state index contributed by atoms with van der Waals surface area (Å²) >= 11 is 0. The van der Waals surface area contributed by atoms with Gasteiger partial charge in [0.15, 0.2) is 6.61 Å². The quantitative estimate of drug-likeness (QED) is 0.639. The molecule has 0 atom stereocenters. The molecule has 28 heavy (non-hydrogen) atoms. The van der Waals surface area contributed by atoms with E-state index in [1.54, 1.807) is 11.0 Å². The summed E-state index contributed by atoms with van der Waals surface area (Å²) in [6, 6.07) is 19.2. The van der Waals surface area contributed by atoms with Crippen LogP contribution in [0.5, 0.6) is 0 Å². The molecule has 3 rings (SSSR count). The van der Waals surface area contributed by atoms with Crippen molar-refractivity contribution in [1.82, 2.24) is 15.1 Å². The van der Waals surface area contributed by atoms with Crippen molar-refractivity contribution >= 4 is 11.9 Å². The molecular weight excluding hydrogens is 354 g/mol. The number of benzene rings is 2. The van der Waals surface area contributed by atoms with Crippen molar-refractivity contribution in [1.29, 1.82) is 0 Å². The fraction of sp³-hybridized carbons (Fsp3) is 0.227. The molecule has 1 aromatic heterocycles. The average Bonchev–Trinajstić information content (AvgIpc) is 3.21. The number of hydrogen-bond acceptors (Lipinski definition) is 4. The number of nitrogens with one attached hydrogen (secondary N) is 1. The number of aromatic amines is 1. The monoisotopic (exact) mass is 377 g/mol. The van der Waals surface area contributed by atoms with Gasteiger partial charge in [0.1, 0.15) is 5.69 Å². The van der Waals surface area contributed by atoms with Crippen molar-refractivity contribution in [2.24, 2.45) is 0 Å². The molecule has 0 saturated carbocycles. The number of hydrogen-bond donors (Lipinski definition) is 1. The van der Waals surface area contributed by atoms with E-state index in [1.807, 2.05) is 68.4 Å². The summed E-state index contributed by atoms with van der Waals surface area (Å²) < 4.78 is 5.18. The number of aryl methyl sites for hydroxylation is 1. The van der Waals surface area contributed by atoms with Gasteiger partial charge in [0, 0.05) is 18.7 Å². The number of likely N-dealkylation sites (N-methyl/N-ethyl adjacent to an activating group) is 1. The minimum absolute atomic E-state index is 0.217. The Morgan fingerprint density at radius 2 is 1.79 bits per heavy atom. The Morgan fingerprint density at radius 1 is 1.07 bits per heavy atom. The molecule has 0 fully saturated rings. The number of esters is 1. The maximum Gasteiger partial charge on any atom is 0.356 e. The Morgan fingerprint density at radius 3 is 2.46 bits per heavy atom. The van der Waals surface area contributed by atoms with Crippen LogP contribution >= 0.6 is 0 Å². The Kier molecular flexibility index (Phi) is 6.22. The first kappa shape index (κ1) is 19.4. The van der Waals surface area contributed by atoms with Crippen molar-refractivity contribution < 1.29 is 14.3 Å². The van der Waals surface area contributed by atoms with Crippen LogP contribution in [0.3, 0.4) is 0 Å². The summed E-state index contributed by atoms with van der Waals surface area (Å²) in [5.74, 6) is -0.840. The van der Waals surface area contributed by atoms with E-state index < -0.39 is 5.97 Å². The van der Waals surface area contributed by atoms with Gasteiger partial charge in [-0.2, -0.15) is 5.10 Å². The van der Waals surface area contributed by atoms with E-state index in [1.165, 1.54) is 0 Å². The van der Waals surface area contributed by atoms with Crippen LogP contribution in [0, 0.1) is 6.92 Å². The smallest absolute Gasteiger partial charge is 0.356 e. The van der Waals surface area contributed by atoms with Crippen molar-refractivity contribution in [3.8, 4) is 11.3 Å². The SMILES string of the molecule is CCN(Cc1ccccc1)C(=O)COC(=O)c1cc(-c2ccc(C)cc2)n[nH]1. The Bertz CT molecular complexity index is 933. The average molecular weight is 377 g/mol. The number of amides is 1. The molecule has 6 heteroatoms. The maximum absolute atomic E-state index is 12.4. The van der Waals surface area contributed by atoms with Crippen LogP contribution in [0.15, 0.2) is 60.7 Å². The third-order valence-electron chi connectivity index (χ3n) is 4.42. The summed E-state index contributed by atoms with van der Waals surface area (Å²) in [7, 11) is 0. The Labute approximate surface area is 164 Å². The molecular formula is C22H23N3O3. The standard InChI is InChI=1S/C22H23N3O3/c1-3-25(14-17-7-5-4-6-8-17)21(26)15-28-22(27)20-13-19(23-24-20)18-11-9-16(2)10-12-18/h4-13H,3,14-15H2,1-2H3,(H,23,24). The second-order valence-corrected chi connectivity index (χ2v) is 6.50. The molecule has 0 unspecified atom stereocenters. The van der Waals surface area contributed by atoms with Gasteiger partial charge in [-0.1, -0.05) is 60.2 Å². The molecule has 1 N–H and O–H groups in total. The predicted octanol–water partition coefficient (Wildman–Crippen LogP) is 3.59. The first-order valence-corrected chi connectivity index (χ1v) is 9.18. The largest absolute Gasteiger partial charge is 0.451 e. The lowest BCUT2D eigenvalue weighted by Gasteiger charge is -2.20. The number of carbonyl (C=O) groups excluding carboxylic acids is 2. The highest BCUT2D eigenvalue weighted by Crippen LogP contribution is 2.18. The molecule has 6 nitrogen and oxygen atoms in total. The number of nitrogens with zero attached hydrogens (tertiary/aromatic N) is 2. The zero-order chi connectivity index (χ0) is 19.9. The van der Waals surface area contributed by atoms with E-state index in [-0.39, 0.29) is 18.2 Å². The lowest BCUT2D eigenvalue weighted by molar-refractivity contribution is -0.134. The lowest BCUT2D eigenvalue weighted by Crippen LogP contribution is -2.34. The third kappa shape index (κ3) is 4.85. The van der Waals surface area contributed by atoms with E-state index in [0.717, 1.165) is 16.7 Å². The van der Waals surface area contributed by atoms with E-state index in [2.05, 4.69) is 10.2 Å². The van der Waals surface area contributed by atoms with Gasteiger partial charge in [-0.15, -0.1) is 0 Å². The van der Waals surface area contributed by atoms with Gasteiger partial charge in [0.25, 0.3) is 5.91 Å². The number of ether oxygens (including phenoxy) is 1. The van der Waals surface area contributed by atoms with Crippen molar-refractivity contribution in [3.63, 3.8) is 0 Å². The number of carbonyl (C=O) groups is 2. The molecule has 0 aliphatic carbocycles. The third-order valence-corrected chi connectivity index (χ3v) is 4.42. The molecule has 144 valence electrons. The van der Waals surface area contributed by atoms with Crippen LogP contribution in [-0.2, 0) is 16.1 Å². The summed E-state index contributed by atoms with van der Waals surface area (Å²) in [6.45, 7) is 4.61. The zero-order valence-electron chi connectivity index (χ0n) is 16.0. The highest BCUT2D eigenvalue weighted by atomic mass is 16.5. The molecule has 0 aliphatic heterocycles. The normalized spacial score (nSPS) is 10.5. The molecule has 2 aromatic carbocycles. The van der Waals surface area contributed by atoms with Crippen LogP contribution in [0.4, 0.5) is 0 Å². The van der Waals surface area contributed by atoms with Gasteiger partial charge < -0.3 is 9.64 Å². The fourth-order valence-electron chi connectivity index (χ4n) is 2.77. The second-order valence-electron chi connectivity index (χ2n) is 6.50. The van der Waals surface area contributed by atoms with E-state index in [9.17, 15) is 9.59 Å². The molecule has 0 aliphatic rings. The van der Waals surface area contributed by atoms with Crippen LogP contribution in [0.1, 0.15) is 28.5 Å². The van der Waals surface area contributed by atoms with Gasteiger partial charge in [-0.25, -0.2) is 4.79 Å². The molecule has 0 bridgehead atoms. The van der Waals surface area contributed by atoms with Gasteiger partial charge in [-0.05, 0) is 25.5 Å². The highest BCUT2D eigenvalue weighted by molar-refractivity contribution is 5.90. The Balaban J connectivity index is 1.57. The minimum atomic E-state index is -0.602. The zero-order valence-corrected chi connectivity index (χ0v) is 16.0. The molecule has 0 saturated heterocycles. The minimum Gasteiger partial charge on any atom is -0.451 e. The number of H-pyrrole nitrogens is 1. The van der Waals surface area contributed by atoms with Crippen LogP contribution in [0.2, 0.25) is 0 Å². The second kappa shape index (κ2) is 8.99. The number of aromatic nitrogens is 2. The molecule has 0 radical (unpaired) electrons. The summed E-state index contributed by atoms with van der Waals surface area (Å²) in [5, 5.41) is 6.83. The maximum atomic E-state index is 12.4. The first-order chi connectivity index (χ1) is 13.6. The summed E-state index contributed by atoms with van der Waals surface area (Å²) in [5.41, 5.74) is 3.94.